The first-order valence-electron chi connectivity index (χ1n) is 6.02. The van der Waals surface area contributed by atoms with E-state index in [9.17, 15) is 4.79 Å². The van der Waals surface area contributed by atoms with Crippen LogP contribution in [0.15, 0.2) is 24.3 Å². The van der Waals surface area contributed by atoms with Crippen molar-refractivity contribution in [2.24, 2.45) is 0 Å². The number of aliphatic carboxylic acids is 1. The van der Waals surface area contributed by atoms with E-state index in [4.69, 9.17) is 14.6 Å². The molecule has 0 saturated carbocycles. The van der Waals surface area contributed by atoms with E-state index in [2.05, 4.69) is 0 Å². The maximum Gasteiger partial charge on any atom is 0.328 e. The lowest BCUT2D eigenvalue weighted by Crippen LogP contribution is -2.50. The van der Waals surface area contributed by atoms with Crippen molar-refractivity contribution in [1.82, 2.24) is 0 Å². The number of anilines is 1. The van der Waals surface area contributed by atoms with E-state index in [0.29, 0.717) is 19.8 Å². The zero-order chi connectivity index (χ0) is 13.0. The Hall–Kier alpha value is -1.75. The molecule has 1 unspecified atom stereocenters. The first-order valence-corrected chi connectivity index (χ1v) is 6.02. The van der Waals surface area contributed by atoms with Crippen LogP contribution < -0.4 is 9.64 Å². The monoisotopic (exact) mass is 251 g/mol. The topological polar surface area (TPSA) is 59.0 Å². The number of carbonyl (C=O) groups is 1. The lowest BCUT2D eigenvalue weighted by Gasteiger charge is -2.34. The summed E-state index contributed by atoms with van der Waals surface area (Å²) in [7, 11) is 0. The Balaban J connectivity index is 2.15. The predicted octanol–water partition coefficient (Wildman–Crippen LogP) is 1.38. The highest BCUT2D eigenvalue weighted by Crippen LogP contribution is 2.23. The molecule has 1 aliphatic rings. The fourth-order valence-electron chi connectivity index (χ4n) is 2.02. The third kappa shape index (κ3) is 2.73. The molecule has 5 nitrogen and oxygen atoms in total. The van der Waals surface area contributed by atoms with Crippen LogP contribution in [0, 0.1) is 0 Å². The van der Waals surface area contributed by atoms with E-state index < -0.39 is 12.0 Å². The number of rotatable bonds is 4. The number of hydrogen-bond donors (Lipinski definition) is 1. The van der Waals surface area contributed by atoms with Gasteiger partial charge in [-0.2, -0.15) is 0 Å². The van der Waals surface area contributed by atoms with E-state index in [0.717, 1.165) is 11.4 Å². The average molecular weight is 251 g/mol. The largest absolute Gasteiger partial charge is 0.494 e. The molecule has 98 valence electrons. The molecular formula is C13H17NO4. The number of ether oxygens (including phenoxy) is 2. The molecular weight excluding hydrogens is 234 g/mol. The molecule has 0 amide bonds. The molecule has 5 heteroatoms. The van der Waals surface area contributed by atoms with Crippen LogP contribution in [0.1, 0.15) is 6.92 Å². The third-order valence-electron chi connectivity index (χ3n) is 2.89. The third-order valence-corrected chi connectivity index (χ3v) is 2.89. The zero-order valence-electron chi connectivity index (χ0n) is 10.3. The van der Waals surface area contributed by atoms with Crippen LogP contribution in [0.4, 0.5) is 5.69 Å². The fraction of sp³-hybridized carbons (Fsp3) is 0.462. The molecule has 18 heavy (non-hydrogen) atoms. The van der Waals surface area contributed by atoms with Gasteiger partial charge in [-0.15, -0.1) is 0 Å². The Kier molecular flexibility index (Phi) is 4.04. The van der Waals surface area contributed by atoms with Gasteiger partial charge in [0.15, 0.2) is 6.04 Å². The molecule has 1 atom stereocenters. The summed E-state index contributed by atoms with van der Waals surface area (Å²) in [6, 6.07) is 6.86. The minimum atomic E-state index is -0.858. The van der Waals surface area contributed by atoms with Crippen molar-refractivity contribution in [3.63, 3.8) is 0 Å². The van der Waals surface area contributed by atoms with E-state index >= 15 is 0 Å². The highest BCUT2D eigenvalue weighted by Gasteiger charge is 2.29. The van der Waals surface area contributed by atoms with E-state index in [1.54, 1.807) is 0 Å². The lowest BCUT2D eigenvalue weighted by atomic mass is 10.2. The molecule has 0 radical (unpaired) electrons. The number of nitrogens with zero attached hydrogens (tertiary/aromatic N) is 1. The number of carboxylic acid groups (broad SMARTS) is 1. The number of benzene rings is 1. The normalized spacial score (nSPS) is 19.6. The molecule has 1 aliphatic heterocycles. The quantitative estimate of drug-likeness (QED) is 0.876. The Labute approximate surface area is 106 Å². The van der Waals surface area contributed by atoms with Gasteiger partial charge in [0, 0.05) is 12.2 Å². The molecule has 1 aromatic carbocycles. The molecule has 2 rings (SSSR count). The van der Waals surface area contributed by atoms with Crippen molar-refractivity contribution in [3.05, 3.63) is 24.3 Å². The summed E-state index contributed by atoms with van der Waals surface area (Å²) in [5.74, 6) is -0.0648. The van der Waals surface area contributed by atoms with Crippen LogP contribution in [0.3, 0.4) is 0 Å². The van der Waals surface area contributed by atoms with Crippen molar-refractivity contribution in [2.45, 2.75) is 13.0 Å². The standard InChI is InChI=1S/C13H17NO4/c1-2-18-11-5-3-10(4-6-11)14-7-8-17-9-12(14)13(15)16/h3-6,12H,2,7-9H2,1H3,(H,15,16). The molecule has 0 aromatic heterocycles. The highest BCUT2D eigenvalue weighted by atomic mass is 16.5. The Morgan fingerprint density at radius 2 is 2.22 bits per heavy atom. The smallest absolute Gasteiger partial charge is 0.328 e. The van der Waals surface area contributed by atoms with E-state index in [-0.39, 0.29) is 6.61 Å². The van der Waals surface area contributed by atoms with Gasteiger partial charge in [-0.1, -0.05) is 0 Å². The minimum absolute atomic E-state index is 0.225. The van der Waals surface area contributed by atoms with Crippen LogP contribution in [0.25, 0.3) is 0 Å². The van der Waals surface area contributed by atoms with Crippen molar-refractivity contribution in [3.8, 4) is 5.75 Å². The van der Waals surface area contributed by atoms with E-state index in [1.807, 2.05) is 36.1 Å². The molecule has 1 aromatic rings. The molecule has 0 bridgehead atoms. The van der Waals surface area contributed by atoms with Crippen LogP contribution in [0.2, 0.25) is 0 Å². The van der Waals surface area contributed by atoms with Crippen LogP contribution >= 0.6 is 0 Å². The van der Waals surface area contributed by atoms with Crippen LogP contribution in [0.5, 0.6) is 5.75 Å². The summed E-state index contributed by atoms with van der Waals surface area (Å²) in [5.41, 5.74) is 0.883. The van der Waals surface area contributed by atoms with Crippen molar-refractivity contribution in [1.29, 1.82) is 0 Å². The SMILES string of the molecule is CCOc1ccc(N2CCOCC2C(=O)O)cc1. The minimum Gasteiger partial charge on any atom is -0.494 e. The Bertz CT molecular complexity index is 404. The van der Waals surface area contributed by atoms with Crippen LogP contribution in [-0.2, 0) is 9.53 Å². The second-order valence-corrected chi connectivity index (χ2v) is 4.05. The first kappa shape index (κ1) is 12.7. The lowest BCUT2D eigenvalue weighted by molar-refractivity contribution is -0.141. The Morgan fingerprint density at radius 3 is 2.83 bits per heavy atom. The number of hydrogen-bond acceptors (Lipinski definition) is 4. The fourth-order valence-corrected chi connectivity index (χ4v) is 2.02. The molecule has 1 saturated heterocycles. The molecule has 0 spiro atoms. The summed E-state index contributed by atoms with van der Waals surface area (Å²) in [5, 5.41) is 9.16. The first-order chi connectivity index (χ1) is 8.72. The summed E-state index contributed by atoms with van der Waals surface area (Å²) >= 11 is 0. The Morgan fingerprint density at radius 1 is 1.50 bits per heavy atom. The zero-order valence-corrected chi connectivity index (χ0v) is 10.3. The van der Waals surface area contributed by atoms with Gasteiger partial charge >= 0.3 is 5.97 Å². The maximum atomic E-state index is 11.2. The van der Waals surface area contributed by atoms with Gasteiger partial charge in [-0.25, -0.2) is 4.79 Å². The predicted molar refractivity (Wildman–Crippen MR) is 67.2 cm³/mol. The maximum absolute atomic E-state index is 11.2. The van der Waals surface area contributed by atoms with Gasteiger partial charge < -0.3 is 19.5 Å². The second kappa shape index (κ2) is 5.73. The summed E-state index contributed by atoms with van der Waals surface area (Å²) in [4.78, 5) is 13.0. The molecule has 1 fully saturated rings. The van der Waals surface area contributed by atoms with Crippen molar-refractivity contribution < 1.29 is 19.4 Å². The molecule has 1 N–H and O–H groups in total. The van der Waals surface area contributed by atoms with E-state index in [1.165, 1.54) is 0 Å². The summed E-state index contributed by atoms with van der Waals surface area (Å²) < 4.78 is 10.6. The van der Waals surface area contributed by atoms with Gasteiger partial charge in [0.25, 0.3) is 0 Å². The van der Waals surface area contributed by atoms with Gasteiger partial charge in [-0.05, 0) is 31.2 Å². The number of morpholine rings is 1. The van der Waals surface area contributed by atoms with Gasteiger partial charge in [0.1, 0.15) is 5.75 Å². The van der Waals surface area contributed by atoms with Crippen LogP contribution in [-0.4, -0.2) is 43.5 Å². The summed E-state index contributed by atoms with van der Waals surface area (Å²) in [6.07, 6.45) is 0. The molecule has 1 heterocycles. The van der Waals surface area contributed by atoms with Gasteiger partial charge in [-0.3, -0.25) is 0 Å². The second-order valence-electron chi connectivity index (χ2n) is 4.05. The molecule has 0 aliphatic carbocycles. The van der Waals surface area contributed by atoms with Crippen molar-refractivity contribution >= 4 is 11.7 Å². The number of carboxylic acids is 1. The summed E-state index contributed by atoms with van der Waals surface area (Å²) in [6.45, 7) is 3.91. The van der Waals surface area contributed by atoms with Gasteiger partial charge in [0.05, 0.1) is 19.8 Å². The highest BCUT2D eigenvalue weighted by molar-refractivity contribution is 5.78. The van der Waals surface area contributed by atoms with Crippen molar-refractivity contribution in [2.75, 3.05) is 31.3 Å². The van der Waals surface area contributed by atoms with Gasteiger partial charge in [0.2, 0.25) is 0 Å². The average Bonchev–Trinajstić information content (AvgIpc) is 2.40.